The number of ether oxygens (including phenoxy) is 3. The SMILES string of the molecule is CCCCCCCCCCCOCCOCCCC(=O)OCC(CCCCCC)CCCCCCCC. The van der Waals surface area contributed by atoms with Crippen molar-refractivity contribution in [2.45, 2.75) is 168 Å². The van der Waals surface area contributed by atoms with Gasteiger partial charge < -0.3 is 14.2 Å². The lowest BCUT2D eigenvalue weighted by Crippen LogP contribution is -2.15. The molecule has 37 heavy (non-hydrogen) atoms. The van der Waals surface area contributed by atoms with Crippen LogP contribution in [0.25, 0.3) is 0 Å². The molecule has 0 aromatic carbocycles. The van der Waals surface area contributed by atoms with Gasteiger partial charge in [-0.25, -0.2) is 0 Å². The zero-order valence-electron chi connectivity index (χ0n) is 25.5. The van der Waals surface area contributed by atoms with Crippen LogP contribution in [0.2, 0.25) is 0 Å². The fourth-order valence-corrected chi connectivity index (χ4v) is 4.82. The van der Waals surface area contributed by atoms with E-state index in [0.717, 1.165) is 19.4 Å². The zero-order valence-corrected chi connectivity index (χ0v) is 25.5. The summed E-state index contributed by atoms with van der Waals surface area (Å²) in [6.45, 7) is 10.1. The van der Waals surface area contributed by atoms with Crippen LogP contribution in [0, 0.1) is 5.92 Å². The van der Waals surface area contributed by atoms with Gasteiger partial charge in [-0.3, -0.25) is 4.79 Å². The molecule has 0 aromatic heterocycles. The average molecular weight is 527 g/mol. The number of hydrogen-bond donors (Lipinski definition) is 0. The predicted molar refractivity (Wildman–Crippen MR) is 159 cm³/mol. The number of rotatable bonds is 31. The topological polar surface area (TPSA) is 44.8 Å². The maximum Gasteiger partial charge on any atom is 0.305 e. The molecule has 0 aromatic rings. The van der Waals surface area contributed by atoms with Gasteiger partial charge in [-0.15, -0.1) is 0 Å². The first kappa shape index (κ1) is 36.4. The van der Waals surface area contributed by atoms with Gasteiger partial charge in [-0.1, -0.05) is 136 Å². The Balaban J connectivity index is 3.63. The Morgan fingerprint density at radius 3 is 1.41 bits per heavy atom. The van der Waals surface area contributed by atoms with Gasteiger partial charge in [0, 0.05) is 19.6 Å². The molecule has 1 unspecified atom stereocenters. The van der Waals surface area contributed by atoms with Gasteiger partial charge in [0.15, 0.2) is 0 Å². The van der Waals surface area contributed by atoms with Crippen LogP contribution in [0.15, 0.2) is 0 Å². The highest BCUT2D eigenvalue weighted by Gasteiger charge is 2.12. The monoisotopic (exact) mass is 526 g/mol. The molecule has 0 spiro atoms. The van der Waals surface area contributed by atoms with Crippen molar-refractivity contribution in [2.24, 2.45) is 5.92 Å². The molecule has 0 N–H and O–H groups in total. The van der Waals surface area contributed by atoms with Crippen LogP contribution in [0.1, 0.15) is 168 Å². The Hall–Kier alpha value is -0.610. The molecule has 0 fully saturated rings. The zero-order chi connectivity index (χ0) is 27.1. The van der Waals surface area contributed by atoms with Crippen molar-refractivity contribution in [3.05, 3.63) is 0 Å². The van der Waals surface area contributed by atoms with Gasteiger partial charge in [0.1, 0.15) is 0 Å². The highest BCUT2D eigenvalue weighted by Crippen LogP contribution is 2.19. The Morgan fingerprint density at radius 1 is 0.486 bits per heavy atom. The smallest absolute Gasteiger partial charge is 0.305 e. The Bertz CT molecular complexity index is 440. The van der Waals surface area contributed by atoms with E-state index in [9.17, 15) is 4.79 Å². The minimum atomic E-state index is -0.0632. The third kappa shape index (κ3) is 29.8. The van der Waals surface area contributed by atoms with Crippen LogP contribution in [0.4, 0.5) is 0 Å². The highest BCUT2D eigenvalue weighted by atomic mass is 16.5. The van der Waals surface area contributed by atoms with Gasteiger partial charge in [-0.2, -0.15) is 0 Å². The van der Waals surface area contributed by atoms with Crippen molar-refractivity contribution < 1.29 is 19.0 Å². The first-order valence-electron chi connectivity index (χ1n) is 16.6. The van der Waals surface area contributed by atoms with E-state index in [2.05, 4.69) is 20.8 Å². The van der Waals surface area contributed by atoms with E-state index in [4.69, 9.17) is 14.2 Å². The molecule has 0 bridgehead atoms. The third-order valence-electron chi connectivity index (χ3n) is 7.35. The van der Waals surface area contributed by atoms with E-state index < -0.39 is 0 Å². The quantitative estimate of drug-likeness (QED) is 0.0665. The second-order valence-corrected chi connectivity index (χ2v) is 11.1. The average Bonchev–Trinajstić information content (AvgIpc) is 2.90. The second-order valence-electron chi connectivity index (χ2n) is 11.1. The van der Waals surface area contributed by atoms with Gasteiger partial charge in [-0.05, 0) is 31.6 Å². The fraction of sp³-hybridized carbons (Fsp3) is 0.970. The number of unbranched alkanes of at least 4 members (excludes halogenated alkanes) is 16. The summed E-state index contributed by atoms with van der Waals surface area (Å²) in [6.07, 6.45) is 28.7. The number of carbonyl (C=O) groups is 1. The molecule has 0 aliphatic carbocycles. The van der Waals surface area contributed by atoms with Gasteiger partial charge in [0.2, 0.25) is 0 Å². The van der Waals surface area contributed by atoms with Crippen molar-refractivity contribution in [3.8, 4) is 0 Å². The number of carbonyl (C=O) groups excluding carboxylic acids is 1. The standard InChI is InChI=1S/C33H66O4/c1-4-7-10-13-15-16-17-19-22-27-35-29-30-36-28-23-26-33(34)37-31-32(24-20-12-9-6-3)25-21-18-14-11-8-5-2/h32H,4-31H2,1-3H3. The fourth-order valence-electron chi connectivity index (χ4n) is 4.82. The van der Waals surface area contributed by atoms with Crippen molar-refractivity contribution in [3.63, 3.8) is 0 Å². The first-order valence-corrected chi connectivity index (χ1v) is 16.6. The molecule has 0 aliphatic heterocycles. The molecule has 4 heteroatoms. The number of hydrogen-bond acceptors (Lipinski definition) is 4. The van der Waals surface area contributed by atoms with Gasteiger partial charge in [0.25, 0.3) is 0 Å². The summed E-state index contributed by atoms with van der Waals surface area (Å²) in [5.74, 6) is 0.470. The summed E-state index contributed by atoms with van der Waals surface area (Å²) in [5.41, 5.74) is 0. The van der Waals surface area contributed by atoms with Crippen LogP contribution in [-0.4, -0.2) is 39.0 Å². The van der Waals surface area contributed by atoms with Crippen LogP contribution >= 0.6 is 0 Å². The summed E-state index contributed by atoms with van der Waals surface area (Å²) in [5, 5.41) is 0. The molecule has 222 valence electrons. The van der Waals surface area contributed by atoms with E-state index in [1.807, 2.05) is 0 Å². The van der Waals surface area contributed by atoms with Crippen molar-refractivity contribution in [1.29, 1.82) is 0 Å². The minimum absolute atomic E-state index is 0.0632. The van der Waals surface area contributed by atoms with Crippen molar-refractivity contribution in [1.82, 2.24) is 0 Å². The normalized spacial score (nSPS) is 12.2. The molecule has 4 nitrogen and oxygen atoms in total. The Kier molecular flexibility index (Phi) is 31.1. The maximum absolute atomic E-state index is 12.2. The van der Waals surface area contributed by atoms with E-state index in [0.29, 0.717) is 38.8 Å². The highest BCUT2D eigenvalue weighted by molar-refractivity contribution is 5.69. The minimum Gasteiger partial charge on any atom is -0.465 e. The van der Waals surface area contributed by atoms with Crippen LogP contribution in [-0.2, 0) is 19.0 Å². The Labute approximate surface area is 232 Å². The van der Waals surface area contributed by atoms with Crippen LogP contribution in [0.5, 0.6) is 0 Å². The molecular formula is C33H66O4. The molecule has 0 saturated heterocycles. The molecule has 0 heterocycles. The van der Waals surface area contributed by atoms with E-state index in [1.165, 1.54) is 128 Å². The Morgan fingerprint density at radius 2 is 0.892 bits per heavy atom. The lowest BCUT2D eigenvalue weighted by molar-refractivity contribution is -0.145. The third-order valence-corrected chi connectivity index (χ3v) is 7.35. The number of esters is 1. The molecule has 0 aliphatic rings. The van der Waals surface area contributed by atoms with Crippen molar-refractivity contribution >= 4 is 5.97 Å². The molecule has 0 amide bonds. The summed E-state index contributed by atoms with van der Waals surface area (Å²) in [7, 11) is 0. The maximum atomic E-state index is 12.2. The lowest BCUT2D eigenvalue weighted by Gasteiger charge is -2.17. The molecule has 0 saturated carbocycles. The summed E-state index contributed by atoms with van der Waals surface area (Å²) in [6, 6.07) is 0. The molecule has 0 radical (unpaired) electrons. The van der Waals surface area contributed by atoms with Gasteiger partial charge >= 0.3 is 5.97 Å². The van der Waals surface area contributed by atoms with Crippen LogP contribution < -0.4 is 0 Å². The summed E-state index contributed by atoms with van der Waals surface area (Å²) in [4.78, 5) is 12.2. The van der Waals surface area contributed by atoms with E-state index in [1.54, 1.807) is 0 Å². The lowest BCUT2D eigenvalue weighted by atomic mass is 9.95. The summed E-state index contributed by atoms with van der Waals surface area (Å²) < 4.78 is 17.0. The summed E-state index contributed by atoms with van der Waals surface area (Å²) >= 11 is 0. The largest absolute Gasteiger partial charge is 0.465 e. The van der Waals surface area contributed by atoms with Crippen molar-refractivity contribution in [2.75, 3.05) is 33.0 Å². The first-order chi connectivity index (χ1) is 18.2. The molecule has 1 atom stereocenters. The predicted octanol–water partition coefficient (Wildman–Crippen LogP) is 10.2. The van der Waals surface area contributed by atoms with E-state index >= 15 is 0 Å². The van der Waals surface area contributed by atoms with E-state index in [-0.39, 0.29) is 5.97 Å². The van der Waals surface area contributed by atoms with Crippen LogP contribution in [0.3, 0.4) is 0 Å². The molecule has 0 rings (SSSR count). The second kappa shape index (κ2) is 31.6. The molecular weight excluding hydrogens is 460 g/mol. The van der Waals surface area contributed by atoms with Gasteiger partial charge in [0.05, 0.1) is 19.8 Å².